The Bertz CT molecular complexity index is 543. The van der Waals surface area contributed by atoms with Crippen molar-refractivity contribution < 1.29 is 33.5 Å². The highest BCUT2D eigenvalue weighted by molar-refractivity contribution is 7.72. The maximum Gasteiger partial charge on any atom is 0.343 e. The molecule has 13 heteroatoms. The van der Waals surface area contributed by atoms with E-state index in [0.29, 0.717) is 6.42 Å². The van der Waals surface area contributed by atoms with Gasteiger partial charge in [-0.05, 0) is 19.8 Å². The molecule has 0 spiro atoms. The summed E-state index contributed by atoms with van der Waals surface area (Å²) in [6.07, 6.45) is 5.83. The molecule has 0 aromatic carbocycles. The molecule has 0 fully saturated rings. The molecule has 0 atom stereocenters. The van der Waals surface area contributed by atoms with Crippen LogP contribution >= 0.6 is 15.2 Å². The molecule has 11 nitrogen and oxygen atoms in total. The number of aromatic nitrogens is 3. The van der Waals surface area contributed by atoms with E-state index in [-0.39, 0.29) is 12.3 Å². The fourth-order valence-electron chi connectivity index (χ4n) is 1.18. The highest BCUT2D eigenvalue weighted by Crippen LogP contribution is 2.70. The van der Waals surface area contributed by atoms with Crippen LogP contribution in [0.25, 0.3) is 0 Å². The number of carbonyl (C=O) groups is 1. The maximum atomic E-state index is 10.7. The first-order valence-corrected chi connectivity index (χ1v) is 11.0. The minimum Gasteiger partial charge on any atom is -0.356 e. The topological polar surface area (TPSA) is 183 Å². The average Bonchev–Trinajstić information content (AvgIpc) is 2.59. The molecule has 0 saturated heterocycles. The zero-order chi connectivity index (χ0) is 20.9. The Kier molecular flexibility index (Phi) is 13.5. The number of amides is 1. The fraction of sp³-hybridized carbons (Fsp3) is 0.692. The molecule has 0 radical (unpaired) electrons. The molecule has 0 aliphatic carbocycles. The van der Waals surface area contributed by atoms with Gasteiger partial charge >= 0.3 is 15.2 Å². The second-order valence-corrected chi connectivity index (χ2v) is 9.66. The van der Waals surface area contributed by atoms with Gasteiger partial charge in [0.1, 0.15) is 6.33 Å². The third kappa shape index (κ3) is 10.7. The molecule has 1 rings (SSSR count). The Balaban J connectivity index is 0. The lowest BCUT2D eigenvalue weighted by atomic mass is 10.4. The van der Waals surface area contributed by atoms with Crippen LogP contribution in [0.4, 0.5) is 0 Å². The number of carbonyl (C=O) groups excluding carboxylic acids is 1. The monoisotopic (exact) mass is 414 g/mol. The highest BCUT2D eigenvalue weighted by Gasteiger charge is 2.54. The van der Waals surface area contributed by atoms with E-state index in [9.17, 15) is 13.9 Å². The second-order valence-electron chi connectivity index (χ2n) is 5.16. The maximum absolute atomic E-state index is 10.7. The van der Waals surface area contributed by atoms with Crippen molar-refractivity contribution in [2.45, 2.75) is 51.9 Å². The van der Waals surface area contributed by atoms with Gasteiger partial charge in [0.2, 0.25) is 5.91 Å². The van der Waals surface area contributed by atoms with Crippen LogP contribution in [0.15, 0.2) is 18.7 Å². The van der Waals surface area contributed by atoms with Crippen molar-refractivity contribution in [3.63, 3.8) is 0 Å². The minimum absolute atomic E-state index is 0.145. The number of nitrogens with zero attached hydrogens (tertiary/aromatic N) is 3. The summed E-state index contributed by atoms with van der Waals surface area (Å²) in [4.78, 5) is 46.6. The van der Waals surface area contributed by atoms with Crippen molar-refractivity contribution in [1.29, 1.82) is 0 Å². The first kappa shape index (κ1) is 27.0. The third-order valence-electron chi connectivity index (χ3n) is 3.22. The normalized spacial score (nSPS) is 11.4. The summed E-state index contributed by atoms with van der Waals surface area (Å²) in [5, 5.41) is 9.64. The molecule has 1 amide bonds. The smallest absolute Gasteiger partial charge is 0.343 e. The van der Waals surface area contributed by atoms with Crippen LogP contribution in [0.3, 0.4) is 0 Å². The van der Waals surface area contributed by atoms with Crippen LogP contribution in [0.2, 0.25) is 0 Å². The average molecular weight is 414 g/mol. The van der Waals surface area contributed by atoms with Crippen molar-refractivity contribution in [3.8, 4) is 0 Å². The van der Waals surface area contributed by atoms with Crippen molar-refractivity contribution in [1.82, 2.24) is 20.5 Å². The molecular weight excluding hydrogens is 386 g/mol. The van der Waals surface area contributed by atoms with Gasteiger partial charge in [-0.2, -0.15) is 5.10 Å². The zero-order valence-electron chi connectivity index (χ0n) is 15.3. The van der Waals surface area contributed by atoms with Crippen LogP contribution in [-0.4, -0.2) is 52.1 Å². The molecule has 26 heavy (non-hydrogen) atoms. The lowest BCUT2D eigenvalue weighted by molar-refractivity contribution is -0.120. The summed E-state index contributed by atoms with van der Waals surface area (Å²) in [6, 6.07) is 0. The molecule has 0 unspecified atom stereocenters. The van der Waals surface area contributed by atoms with E-state index in [1.807, 2.05) is 13.8 Å². The lowest BCUT2D eigenvalue weighted by Crippen LogP contribution is -2.23. The summed E-state index contributed by atoms with van der Waals surface area (Å²) in [7, 11) is -9.54. The van der Waals surface area contributed by atoms with E-state index >= 15 is 0 Å². The predicted molar refractivity (Wildman–Crippen MR) is 96.2 cm³/mol. The van der Waals surface area contributed by atoms with E-state index < -0.39 is 20.1 Å². The van der Waals surface area contributed by atoms with Gasteiger partial charge in [-0.3, -0.25) is 13.9 Å². The van der Waals surface area contributed by atoms with Gasteiger partial charge in [-0.1, -0.05) is 20.8 Å². The van der Waals surface area contributed by atoms with Crippen molar-refractivity contribution in [2.24, 2.45) is 0 Å². The van der Waals surface area contributed by atoms with Gasteiger partial charge < -0.3 is 24.9 Å². The van der Waals surface area contributed by atoms with Gasteiger partial charge in [-0.25, -0.2) is 4.98 Å². The Labute approximate surface area is 153 Å². The van der Waals surface area contributed by atoms with E-state index in [1.54, 1.807) is 6.20 Å². The van der Waals surface area contributed by atoms with Gasteiger partial charge in [0.15, 0.2) is 4.90 Å². The van der Waals surface area contributed by atoms with E-state index in [4.69, 9.17) is 19.6 Å². The minimum atomic E-state index is -4.77. The first-order valence-electron chi connectivity index (χ1n) is 7.81. The molecule has 0 aliphatic heterocycles. The summed E-state index contributed by atoms with van der Waals surface area (Å²) in [5.41, 5.74) is 0. The van der Waals surface area contributed by atoms with E-state index in [2.05, 4.69) is 20.5 Å². The molecule has 1 aromatic heterocycles. The second kappa shape index (κ2) is 13.0. The molecule has 1 heterocycles. The molecule has 0 saturated carbocycles. The lowest BCUT2D eigenvalue weighted by Gasteiger charge is -2.29. The number of nitrogens with one attached hydrogen (secondary N) is 1. The summed E-state index contributed by atoms with van der Waals surface area (Å²) in [6.45, 7) is 6.90. The van der Waals surface area contributed by atoms with Gasteiger partial charge in [0.25, 0.3) is 0 Å². The van der Waals surface area contributed by atoms with Crippen LogP contribution in [0, 0.1) is 0 Å². The molecule has 0 bridgehead atoms. The van der Waals surface area contributed by atoms with Crippen LogP contribution < -0.4 is 5.32 Å². The first-order chi connectivity index (χ1) is 11.9. The Morgan fingerprint density at radius 1 is 1.04 bits per heavy atom. The standard InChI is InChI=1S/C6H13NO.C4H12O6P2.C3H3N3/c1-3-5-7-6(8)4-2;1-3-4(2,11(5,6)7)12(8,9)10;1-2-5-6-3-4-1/h3-5H2,1-2H3,(H,7,8);3H2,1-2H3,(H2,5,6,7)(H2,8,9,10);1-3H. The third-order valence-corrected chi connectivity index (χ3v) is 7.93. The molecule has 152 valence electrons. The van der Waals surface area contributed by atoms with E-state index in [1.165, 1.54) is 19.4 Å². The van der Waals surface area contributed by atoms with Gasteiger partial charge in [0.05, 0.1) is 6.20 Å². The van der Waals surface area contributed by atoms with Crippen molar-refractivity contribution in [3.05, 3.63) is 18.7 Å². The van der Waals surface area contributed by atoms with Crippen molar-refractivity contribution >= 4 is 21.1 Å². The fourth-order valence-corrected chi connectivity index (χ4v) is 3.36. The molecule has 1 aromatic rings. The highest BCUT2D eigenvalue weighted by atomic mass is 31.2. The van der Waals surface area contributed by atoms with Gasteiger partial charge in [0, 0.05) is 19.2 Å². The number of rotatable bonds is 6. The summed E-state index contributed by atoms with van der Waals surface area (Å²) in [5.74, 6) is 0.145. The van der Waals surface area contributed by atoms with Gasteiger partial charge in [-0.15, -0.1) is 5.10 Å². The predicted octanol–water partition coefficient (Wildman–Crippen LogP) is 1.26. The Morgan fingerprint density at radius 3 is 1.73 bits per heavy atom. The van der Waals surface area contributed by atoms with E-state index in [0.717, 1.165) is 19.9 Å². The number of hydrogen-bond acceptors (Lipinski definition) is 6. The summed E-state index contributed by atoms with van der Waals surface area (Å²) < 4.78 is 21.5. The van der Waals surface area contributed by atoms with Crippen LogP contribution in [-0.2, 0) is 13.9 Å². The molecule has 5 N–H and O–H groups in total. The van der Waals surface area contributed by atoms with Crippen LogP contribution in [0.5, 0.6) is 0 Å². The van der Waals surface area contributed by atoms with Crippen molar-refractivity contribution in [2.75, 3.05) is 6.54 Å². The summed E-state index contributed by atoms with van der Waals surface area (Å²) >= 11 is 0. The zero-order valence-corrected chi connectivity index (χ0v) is 17.1. The number of hydrogen-bond donors (Lipinski definition) is 5. The van der Waals surface area contributed by atoms with Crippen LogP contribution in [0.1, 0.15) is 47.0 Å². The Morgan fingerprint density at radius 2 is 1.58 bits per heavy atom. The quantitative estimate of drug-likeness (QED) is 0.425. The molecular formula is C13H28N4O7P2. The largest absolute Gasteiger partial charge is 0.356 e. The SMILES string of the molecule is CCC(C)(P(=O)(O)O)P(=O)(O)O.CCCNC(=O)CC.c1cnncn1. The Hall–Kier alpha value is -1.22. The molecule has 0 aliphatic rings.